The number of benzene rings is 1. The summed E-state index contributed by atoms with van der Waals surface area (Å²) in [7, 11) is 0. The molecule has 2 N–H and O–H groups in total. The SMILES string of the molecule is CC(C)Oc1cc2nn(C3CCN(CC(=O)O)CC3)cc2cc1NC(=O)c1cccc(C(F)(F)F)n1.Cl. The van der Waals surface area contributed by atoms with Crippen LogP contribution in [0.15, 0.2) is 36.5 Å². The summed E-state index contributed by atoms with van der Waals surface area (Å²) >= 11 is 0. The van der Waals surface area contributed by atoms with Gasteiger partial charge in [0.15, 0.2) is 0 Å². The average Bonchev–Trinajstić information content (AvgIpc) is 3.21. The lowest BCUT2D eigenvalue weighted by Crippen LogP contribution is -2.38. The standard InChI is InChI=1S/C24H26F3N5O4.ClH/c1-14(2)36-20-11-18-15(12-32(30-18)16-6-8-31(9-7-16)13-22(33)34)10-19(20)29-23(35)17-4-3-5-21(28-17)24(25,26)27;/h3-5,10-12,14,16H,6-9,13H2,1-2H3,(H,29,35)(H,33,34);1H. The van der Waals surface area contributed by atoms with E-state index in [4.69, 9.17) is 9.84 Å². The number of hydrogen-bond acceptors (Lipinski definition) is 6. The molecule has 200 valence electrons. The number of carbonyl (C=O) groups is 2. The zero-order valence-electron chi connectivity index (χ0n) is 20.2. The van der Waals surface area contributed by atoms with E-state index < -0.39 is 23.7 Å². The molecule has 3 heterocycles. The van der Waals surface area contributed by atoms with Crippen LogP contribution >= 0.6 is 12.4 Å². The van der Waals surface area contributed by atoms with E-state index in [1.807, 2.05) is 29.6 Å². The molecule has 0 saturated carbocycles. The molecule has 9 nitrogen and oxygen atoms in total. The zero-order valence-corrected chi connectivity index (χ0v) is 21.0. The van der Waals surface area contributed by atoms with Crippen molar-refractivity contribution in [2.24, 2.45) is 0 Å². The zero-order chi connectivity index (χ0) is 26.0. The highest BCUT2D eigenvalue weighted by molar-refractivity contribution is 6.05. The van der Waals surface area contributed by atoms with Gasteiger partial charge in [-0.05, 0) is 44.9 Å². The molecule has 0 unspecified atom stereocenters. The highest BCUT2D eigenvalue weighted by atomic mass is 35.5. The van der Waals surface area contributed by atoms with Crippen molar-refractivity contribution < 1.29 is 32.6 Å². The molecule has 1 amide bonds. The number of aromatic nitrogens is 3. The Balaban J connectivity index is 0.00000380. The van der Waals surface area contributed by atoms with E-state index in [9.17, 15) is 22.8 Å². The van der Waals surface area contributed by atoms with Gasteiger partial charge in [-0.25, -0.2) is 4.98 Å². The van der Waals surface area contributed by atoms with Crippen molar-refractivity contribution in [3.05, 3.63) is 47.9 Å². The smallest absolute Gasteiger partial charge is 0.433 e. The first-order valence-corrected chi connectivity index (χ1v) is 11.5. The van der Waals surface area contributed by atoms with Gasteiger partial charge in [-0.3, -0.25) is 19.2 Å². The Kier molecular flexibility index (Phi) is 8.64. The molecule has 0 atom stereocenters. The van der Waals surface area contributed by atoms with Gasteiger partial charge >= 0.3 is 12.1 Å². The largest absolute Gasteiger partial charge is 0.489 e. The summed E-state index contributed by atoms with van der Waals surface area (Å²) in [6.45, 7) is 4.91. The van der Waals surface area contributed by atoms with E-state index in [0.29, 0.717) is 29.7 Å². The first-order valence-electron chi connectivity index (χ1n) is 11.5. The quantitative estimate of drug-likeness (QED) is 0.448. The molecule has 0 spiro atoms. The molecule has 0 aliphatic carbocycles. The van der Waals surface area contributed by atoms with Crippen molar-refractivity contribution in [1.29, 1.82) is 0 Å². The van der Waals surface area contributed by atoms with E-state index in [0.717, 1.165) is 25.0 Å². The lowest BCUT2D eigenvalue weighted by atomic mass is 10.1. The van der Waals surface area contributed by atoms with Crippen molar-refractivity contribution in [3.8, 4) is 5.75 Å². The minimum absolute atomic E-state index is 0. The van der Waals surface area contributed by atoms with E-state index >= 15 is 0 Å². The van der Waals surface area contributed by atoms with Gasteiger partial charge < -0.3 is 15.2 Å². The Morgan fingerprint density at radius 2 is 1.92 bits per heavy atom. The second-order valence-corrected chi connectivity index (χ2v) is 8.94. The summed E-state index contributed by atoms with van der Waals surface area (Å²) in [6, 6.07) is 6.58. The number of alkyl halides is 3. The third-order valence-electron chi connectivity index (χ3n) is 5.80. The van der Waals surface area contributed by atoms with E-state index in [2.05, 4.69) is 15.4 Å². The molecular formula is C24H27ClF3N5O4. The summed E-state index contributed by atoms with van der Waals surface area (Å²) in [5.41, 5.74) is -0.603. The van der Waals surface area contributed by atoms with Crippen LogP contribution < -0.4 is 10.1 Å². The van der Waals surface area contributed by atoms with Crippen LogP contribution in [0.2, 0.25) is 0 Å². The van der Waals surface area contributed by atoms with Crippen LogP contribution in [0.1, 0.15) is 48.9 Å². The number of pyridine rings is 1. The topological polar surface area (TPSA) is 110 Å². The molecule has 1 aliphatic heterocycles. The number of halogens is 4. The molecule has 0 radical (unpaired) electrons. The van der Waals surface area contributed by atoms with Crippen molar-refractivity contribution in [2.75, 3.05) is 25.0 Å². The first kappa shape index (κ1) is 28.2. The Bertz CT molecular complexity index is 1270. The van der Waals surface area contributed by atoms with Crippen LogP contribution in [0, 0.1) is 0 Å². The molecule has 4 rings (SSSR count). The number of carbonyl (C=O) groups excluding carboxylic acids is 1. The van der Waals surface area contributed by atoms with Crippen LogP contribution in [0.4, 0.5) is 18.9 Å². The van der Waals surface area contributed by atoms with Gasteiger partial charge in [-0.1, -0.05) is 6.07 Å². The van der Waals surface area contributed by atoms with E-state index in [1.165, 1.54) is 6.07 Å². The third kappa shape index (κ3) is 6.89. The highest BCUT2D eigenvalue weighted by Gasteiger charge is 2.33. The van der Waals surface area contributed by atoms with Gasteiger partial charge in [-0.15, -0.1) is 12.4 Å². The number of carboxylic acid groups (broad SMARTS) is 1. The number of nitrogens with zero attached hydrogens (tertiary/aromatic N) is 4. The maximum Gasteiger partial charge on any atom is 0.433 e. The summed E-state index contributed by atoms with van der Waals surface area (Å²) in [6.07, 6.45) is -1.59. The fourth-order valence-corrected chi connectivity index (χ4v) is 4.15. The number of amides is 1. The number of fused-ring (bicyclic) bond motifs is 1. The summed E-state index contributed by atoms with van der Waals surface area (Å²) in [4.78, 5) is 29.0. The van der Waals surface area contributed by atoms with Crippen LogP contribution in [0.5, 0.6) is 5.75 Å². The fourth-order valence-electron chi connectivity index (χ4n) is 4.15. The molecule has 0 bridgehead atoms. The summed E-state index contributed by atoms with van der Waals surface area (Å²) < 4.78 is 46.7. The Morgan fingerprint density at radius 1 is 1.22 bits per heavy atom. The molecule has 1 aliphatic rings. The van der Waals surface area contributed by atoms with Crippen molar-refractivity contribution >= 4 is 40.9 Å². The fraction of sp³-hybridized carbons (Fsp3) is 0.417. The third-order valence-corrected chi connectivity index (χ3v) is 5.80. The molecule has 3 aromatic rings. The maximum absolute atomic E-state index is 13.0. The summed E-state index contributed by atoms with van der Waals surface area (Å²) in [5.74, 6) is -1.32. The number of ether oxygens (including phenoxy) is 1. The van der Waals surface area contributed by atoms with E-state index in [1.54, 1.807) is 12.1 Å². The molecule has 13 heteroatoms. The van der Waals surface area contributed by atoms with Gasteiger partial charge in [0.1, 0.15) is 17.1 Å². The molecular weight excluding hydrogens is 515 g/mol. The lowest BCUT2D eigenvalue weighted by Gasteiger charge is -2.30. The highest BCUT2D eigenvalue weighted by Crippen LogP contribution is 2.33. The minimum Gasteiger partial charge on any atom is -0.489 e. The van der Waals surface area contributed by atoms with Crippen molar-refractivity contribution in [1.82, 2.24) is 19.7 Å². The van der Waals surface area contributed by atoms with Crippen LogP contribution in [0.3, 0.4) is 0 Å². The number of hydrogen-bond donors (Lipinski definition) is 2. The number of nitrogens with one attached hydrogen (secondary N) is 1. The Hall–Kier alpha value is -3.38. The van der Waals surface area contributed by atoms with Crippen LogP contribution in [-0.4, -0.2) is 62.4 Å². The molecule has 1 saturated heterocycles. The number of piperidine rings is 1. The number of carboxylic acids is 1. The van der Waals surface area contributed by atoms with Gasteiger partial charge in [0.2, 0.25) is 0 Å². The normalized spacial score (nSPS) is 15.0. The predicted octanol–water partition coefficient (Wildman–Crippen LogP) is 4.63. The minimum atomic E-state index is -4.67. The van der Waals surface area contributed by atoms with Gasteiger partial charge in [0, 0.05) is 30.7 Å². The lowest BCUT2D eigenvalue weighted by molar-refractivity contribution is -0.141. The van der Waals surface area contributed by atoms with Gasteiger partial charge in [0.05, 0.1) is 29.9 Å². The Morgan fingerprint density at radius 3 is 2.54 bits per heavy atom. The first-order chi connectivity index (χ1) is 17.0. The number of aliphatic carboxylic acids is 1. The second kappa shape index (κ2) is 11.3. The second-order valence-electron chi connectivity index (χ2n) is 8.94. The molecule has 1 fully saturated rings. The number of rotatable bonds is 7. The number of anilines is 1. The van der Waals surface area contributed by atoms with Gasteiger partial charge in [0.25, 0.3) is 5.91 Å². The van der Waals surface area contributed by atoms with Crippen LogP contribution in [0.25, 0.3) is 10.9 Å². The van der Waals surface area contributed by atoms with Crippen molar-refractivity contribution in [2.45, 2.75) is 45.0 Å². The van der Waals surface area contributed by atoms with Crippen molar-refractivity contribution in [3.63, 3.8) is 0 Å². The molecule has 37 heavy (non-hydrogen) atoms. The average molecular weight is 542 g/mol. The van der Waals surface area contributed by atoms with E-state index in [-0.39, 0.29) is 42.5 Å². The summed E-state index contributed by atoms with van der Waals surface area (Å²) in [5, 5.41) is 17.0. The Labute approximate surface area is 217 Å². The van der Waals surface area contributed by atoms with Crippen LogP contribution in [-0.2, 0) is 11.0 Å². The predicted molar refractivity (Wildman–Crippen MR) is 132 cm³/mol. The van der Waals surface area contributed by atoms with Gasteiger partial charge in [-0.2, -0.15) is 18.3 Å². The molecule has 1 aromatic carbocycles. The number of likely N-dealkylation sites (tertiary alicyclic amines) is 1. The maximum atomic E-state index is 13.0. The monoisotopic (exact) mass is 541 g/mol. The molecule has 2 aromatic heterocycles.